The first-order valence-electron chi connectivity index (χ1n) is 6.62. The van der Waals surface area contributed by atoms with Crippen LogP contribution in [0.1, 0.15) is 44.9 Å². The molecular formula is C14H18ClN3. The third-order valence-electron chi connectivity index (χ3n) is 4.12. The molecule has 4 heteroatoms. The fourth-order valence-electron chi connectivity index (χ4n) is 3.21. The van der Waals surface area contributed by atoms with E-state index in [9.17, 15) is 0 Å². The van der Waals surface area contributed by atoms with Gasteiger partial charge in [0.25, 0.3) is 0 Å². The highest BCUT2D eigenvalue weighted by Gasteiger charge is 2.32. The highest BCUT2D eigenvalue weighted by molar-refractivity contribution is 6.16. The molecule has 0 saturated heterocycles. The first-order valence-corrected chi connectivity index (χ1v) is 7.16. The predicted molar refractivity (Wildman–Crippen MR) is 73.8 cm³/mol. The van der Waals surface area contributed by atoms with Crippen molar-refractivity contribution in [2.75, 3.05) is 0 Å². The molecule has 0 spiro atoms. The zero-order chi connectivity index (χ0) is 12.6. The number of aromatic nitrogens is 3. The summed E-state index contributed by atoms with van der Waals surface area (Å²) in [7, 11) is 0. The van der Waals surface area contributed by atoms with E-state index in [4.69, 9.17) is 11.6 Å². The smallest absolute Gasteiger partial charge is 0.125 e. The molecule has 0 amide bonds. The van der Waals surface area contributed by atoms with Crippen LogP contribution in [0.4, 0.5) is 0 Å². The maximum Gasteiger partial charge on any atom is 0.125 e. The summed E-state index contributed by atoms with van der Waals surface area (Å²) in [6.07, 6.45) is 10.0. The van der Waals surface area contributed by atoms with E-state index in [0.29, 0.717) is 5.88 Å². The summed E-state index contributed by atoms with van der Waals surface area (Å²) in [5, 5.41) is 0. The molecule has 1 fully saturated rings. The quantitative estimate of drug-likeness (QED) is 0.771. The van der Waals surface area contributed by atoms with Crippen molar-refractivity contribution >= 4 is 22.6 Å². The number of fused-ring (bicyclic) bond motifs is 1. The minimum Gasteiger partial charge on any atom is -0.321 e. The molecule has 3 rings (SSSR count). The topological polar surface area (TPSA) is 30.7 Å². The van der Waals surface area contributed by atoms with Crippen molar-refractivity contribution in [1.82, 2.24) is 14.5 Å². The van der Waals surface area contributed by atoms with Gasteiger partial charge in [0.2, 0.25) is 0 Å². The zero-order valence-corrected chi connectivity index (χ0v) is 11.5. The third kappa shape index (κ3) is 1.81. The van der Waals surface area contributed by atoms with E-state index < -0.39 is 0 Å². The molecular weight excluding hydrogens is 246 g/mol. The Morgan fingerprint density at radius 3 is 2.83 bits per heavy atom. The number of imidazole rings is 1. The van der Waals surface area contributed by atoms with Crippen LogP contribution in [0, 0.1) is 0 Å². The van der Waals surface area contributed by atoms with E-state index in [1.54, 1.807) is 0 Å². The Bertz CT molecular complexity index is 555. The first kappa shape index (κ1) is 12.0. The molecule has 3 nitrogen and oxygen atoms in total. The fraction of sp³-hybridized carbons (Fsp3) is 0.571. The van der Waals surface area contributed by atoms with Crippen LogP contribution in [-0.4, -0.2) is 14.5 Å². The number of rotatable bonds is 2. The van der Waals surface area contributed by atoms with Crippen LogP contribution < -0.4 is 0 Å². The van der Waals surface area contributed by atoms with Gasteiger partial charge < -0.3 is 4.57 Å². The molecule has 0 radical (unpaired) electrons. The number of hydrogen-bond donors (Lipinski definition) is 0. The van der Waals surface area contributed by atoms with Crippen LogP contribution in [0.25, 0.3) is 11.0 Å². The lowest BCUT2D eigenvalue weighted by Crippen LogP contribution is -2.33. The summed E-state index contributed by atoms with van der Waals surface area (Å²) in [6, 6.07) is 2.05. The van der Waals surface area contributed by atoms with Gasteiger partial charge in [0.05, 0.1) is 17.6 Å². The molecule has 2 heterocycles. The Balaban J connectivity index is 2.19. The maximum absolute atomic E-state index is 6.08. The molecule has 1 saturated carbocycles. The number of pyridine rings is 1. The molecule has 1 aliphatic rings. The summed E-state index contributed by atoms with van der Waals surface area (Å²) in [5.41, 5.74) is 2.29. The lowest BCUT2D eigenvalue weighted by Gasteiger charge is -2.36. The fourth-order valence-corrected chi connectivity index (χ4v) is 3.39. The molecule has 0 aromatic carbocycles. The number of hydrogen-bond acceptors (Lipinski definition) is 2. The monoisotopic (exact) mass is 263 g/mol. The average Bonchev–Trinajstić information content (AvgIpc) is 2.78. The number of nitrogens with zero attached hydrogens (tertiary/aromatic N) is 3. The number of alkyl halides is 1. The molecule has 0 N–H and O–H groups in total. The van der Waals surface area contributed by atoms with Gasteiger partial charge in [-0.2, -0.15) is 0 Å². The van der Waals surface area contributed by atoms with E-state index in [0.717, 1.165) is 11.3 Å². The van der Waals surface area contributed by atoms with Crippen LogP contribution in [0.3, 0.4) is 0 Å². The Kier molecular flexibility index (Phi) is 3.02. The van der Waals surface area contributed by atoms with Crippen molar-refractivity contribution < 1.29 is 0 Å². The Morgan fingerprint density at radius 1 is 1.33 bits per heavy atom. The maximum atomic E-state index is 6.08. The van der Waals surface area contributed by atoms with Crippen LogP contribution in [0.15, 0.2) is 18.5 Å². The second-order valence-electron chi connectivity index (χ2n) is 5.42. The average molecular weight is 264 g/mol. The second-order valence-corrected chi connectivity index (χ2v) is 5.69. The minimum absolute atomic E-state index is 0.165. The van der Waals surface area contributed by atoms with Crippen molar-refractivity contribution in [3.8, 4) is 0 Å². The van der Waals surface area contributed by atoms with E-state index in [2.05, 4.69) is 27.5 Å². The molecule has 0 bridgehead atoms. The molecule has 2 aromatic heterocycles. The van der Waals surface area contributed by atoms with Crippen LogP contribution in [0.5, 0.6) is 0 Å². The van der Waals surface area contributed by atoms with Crippen LogP contribution >= 0.6 is 11.6 Å². The van der Waals surface area contributed by atoms with E-state index in [1.165, 1.54) is 37.6 Å². The Morgan fingerprint density at radius 2 is 2.11 bits per heavy atom. The zero-order valence-electron chi connectivity index (χ0n) is 10.7. The Labute approximate surface area is 112 Å². The first-order chi connectivity index (χ1) is 8.74. The van der Waals surface area contributed by atoms with E-state index in [1.807, 2.05) is 12.4 Å². The van der Waals surface area contributed by atoms with Gasteiger partial charge in [0.15, 0.2) is 0 Å². The van der Waals surface area contributed by atoms with Gasteiger partial charge in [-0.1, -0.05) is 19.3 Å². The normalized spacial score (nSPS) is 19.2. The molecule has 2 aromatic rings. The SMILES string of the molecule is CC1(n2c(CCl)nc3cnccc32)CCCCC1. The largest absolute Gasteiger partial charge is 0.321 e. The Hall–Kier alpha value is -1.09. The van der Waals surface area contributed by atoms with Gasteiger partial charge in [-0.3, -0.25) is 4.98 Å². The summed E-state index contributed by atoms with van der Waals surface area (Å²) >= 11 is 6.08. The molecule has 96 valence electrons. The molecule has 0 aliphatic heterocycles. The van der Waals surface area contributed by atoms with Gasteiger partial charge in [0, 0.05) is 11.7 Å². The van der Waals surface area contributed by atoms with Crippen molar-refractivity contribution in [3.05, 3.63) is 24.3 Å². The lowest BCUT2D eigenvalue weighted by molar-refractivity contribution is 0.220. The summed E-state index contributed by atoms with van der Waals surface area (Å²) in [5.74, 6) is 1.44. The van der Waals surface area contributed by atoms with Crippen molar-refractivity contribution in [1.29, 1.82) is 0 Å². The van der Waals surface area contributed by atoms with Crippen LogP contribution in [0.2, 0.25) is 0 Å². The van der Waals surface area contributed by atoms with Crippen molar-refractivity contribution in [2.45, 2.75) is 50.4 Å². The third-order valence-corrected chi connectivity index (χ3v) is 4.36. The molecule has 1 aliphatic carbocycles. The summed E-state index contributed by atoms with van der Waals surface area (Å²) in [6.45, 7) is 2.34. The summed E-state index contributed by atoms with van der Waals surface area (Å²) in [4.78, 5) is 8.77. The predicted octanol–water partition coefficient (Wildman–Crippen LogP) is 3.85. The molecule has 0 unspecified atom stereocenters. The minimum atomic E-state index is 0.165. The van der Waals surface area contributed by atoms with Crippen LogP contribution in [-0.2, 0) is 11.4 Å². The highest BCUT2D eigenvalue weighted by atomic mass is 35.5. The van der Waals surface area contributed by atoms with E-state index >= 15 is 0 Å². The molecule has 0 atom stereocenters. The van der Waals surface area contributed by atoms with Gasteiger partial charge in [-0.25, -0.2) is 4.98 Å². The van der Waals surface area contributed by atoms with Crippen molar-refractivity contribution in [3.63, 3.8) is 0 Å². The van der Waals surface area contributed by atoms with Gasteiger partial charge in [-0.05, 0) is 25.8 Å². The van der Waals surface area contributed by atoms with Crippen molar-refractivity contribution in [2.24, 2.45) is 0 Å². The summed E-state index contributed by atoms with van der Waals surface area (Å²) < 4.78 is 2.36. The standard InChI is InChI=1S/C14H18ClN3/c1-14(6-3-2-4-7-14)18-12-5-8-16-10-11(12)17-13(18)9-15/h5,8,10H,2-4,6-7,9H2,1H3. The highest BCUT2D eigenvalue weighted by Crippen LogP contribution is 2.38. The second kappa shape index (κ2) is 4.54. The van der Waals surface area contributed by atoms with Gasteiger partial charge in [0.1, 0.15) is 11.3 Å². The van der Waals surface area contributed by atoms with Gasteiger partial charge in [-0.15, -0.1) is 11.6 Å². The van der Waals surface area contributed by atoms with E-state index in [-0.39, 0.29) is 5.54 Å². The lowest BCUT2D eigenvalue weighted by atomic mass is 9.83. The van der Waals surface area contributed by atoms with Gasteiger partial charge >= 0.3 is 0 Å². The molecule has 18 heavy (non-hydrogen) atoms. The number of halogens is 1.